The number of carbonyl (C=O) groups excluding carboxylic acids is 3. The van der Waals surface area contributed by atoms with Crippen LogP contribution < -0.4 is 10.6 Å². The quantitative estimate of drug-likeness (QED) is 0.358. The Morgan fingerprint density at radius 1 is 1.21 bits per heavy atom. The maximum atomic E-state index is 12.4. The predicted octanol–water partition coefficient (Wildman–Crippen LogP) is 3.84. The lowest BCUT2D eigenvalue weighted by atomic mass is 10.2. The number of anilines is 2. The van der Waals surface area contributed by atoms with Gasteiger partial charge in [0.05, 0.1) is 17.9 Å². The minimum absolute atomic E-state index is 0.0420. The fraction of sp³-hybridized carbons (Fsp3) is 0.238. The Kier molecular flexibility index (Phi) is 7.81. The van der Waals surface area contributed by atoms with Crippen molar-refractivity contribution >= 4 is 51.6 Å². The maximum Gasteiger partial charge on any atom is 0.348 e. The second-order valence-corrected chi connectivity index (χ2v) is 8.51. The van der Waals surface area contributed by atoms with Gasteiger partial charge in [0.2, 0.25) is 17.7 Å². The molecule has 0 aliphatic rings. The minimum atomic E-state index is -0.533. The molecule has 1 aromatic carbocycles. The first kappa shape index (κ1) is 24.0. The van der Waals surface area contributed by atoms with Crippen molar-refractivity contribution in [1.29, 1.82) is 5.26 Å². The van der Waals surface area contributed by atoms with Crippen LogP contribution in [0, 0.1) is 18.3 Å². The van der Waals surface area contributed by atoms with Crippen LogP contribution >= 0.6 is 23.1 Å². The van der Waals surface area contributed by atoms with Crippen molar-refractivity contribution in [2.24, 2.45) is 0 Å². The summed E-state index contributed by atoms with van der Waals surface area (Å²) in [7, 11) is 0. The van der Waals surface area contributed by atoms with Gasteiger partial charge < -0.3 is 19.8 Å². The van der Waals surface area contributed by atoms with Gasteiger partial charge in [0.25, 0.3) is 5.22 Å². The van der Waals surface area contributed by atoms with E-state index in [9.17, 15) is 19.6 Å². The van der Waals surface area contributed by atoms with E-state index in [2.05, 4.69) is 20.8 Å². The summed E-state index contributed by atoms with van der Waals surface area (Å²) in [6, 6.07) is 8.88. The second-order valence-electron chi connectivity index (χ2n) is 6.56. The Hall–Kier alpha value is -3.69. The number of esters is 1. The number of ether oxygens (including phenoxy) is 1. The number of carbonyl (C=O) groups is 3. The number of thioether (sulfide) groups is 1. The van der Waals surface area contributed by atoms with Crippen molar-refractivity contribution in [3.63, 3.8) is 0 Å². The molecule has 2 heterocycles. The van der Waals surface area contributed by atoms with Gasteiger partial charge in [0.1, 0.15) is 15.9 Å². The van der Waals surface area contributed by atoms with E-state index < -0.39 is 11.9 Å². The average Bonchev–Trinajstić information content (AvgIpc) is 3.37. The molecule has 170 valence electrons. The number of benzene rings is 1. The first-order chi connectivity index (χ1) is 15.8. The van der Waals surface area contributed by atoms with Gasteiger partial charge in [-0.15, -0.1) is 21.5 Å². The zero-order chi connectivity index (χ0) is 24.0. The van der Waals surface area contributed by atoms with Crippen LogP contribution in [0.25, 0.3) is 11.5 Å². The number of amides is 2. The fourth-order valence-electron chi connectivity index (χ4n) is 2.70. The molecule has 2 N–H and O–H groups in total. The van der Waals surface area contributed by atoms with E-state index >= 15 is 0 Å². The number of thiophene rings is 1. The lowest BCUT2D eigenvalue weighted by Crippen LogP contribution is -2.13. The number of nitriles is 1. The van der Waals surface area contributed by atoms with Crippen LogP contribution in [0.4, 0.5) is 10.7 Å². The Balaban J connectivity index is 1.62. The summed E-state index contributed by atoms with van der Waals surface area (Å²) < 4.78 is 10.6. The topological polar surface area (TPSA) is 147 Å². The molecule has 2 amide bonds. The molecule has 0 radical (unpaired) electrons. The molecule has 0 aliphatic heterocycles. The molecule has 0 atom stereocenters. The number of hydrogen-bond donors (Lipinski definition) is 2. The molecule has 0 saturated heterocycles. The summed E-state index contributed by atoms with van der Waals surface area (Å²) in [5.74, 6) is -0.872. The van der Waals surface area contributed by atoms with E-state index in [1.807, 2.05) is 6.07 Å². The van der Waals surface area contributed by atoms with Crippen molar-refractivity contribution in [1.82, 2.24) is 10.2 Å². The Labute approximate surface area is 197 Å². The second kappa shape index (κ2) is 10.8. The standard InChI is InChI=1S/C21H19N5O5S2/c1-4-30-20(29)17-11(2)15(9-22)19(33-17)24-16(28)10-32-21-26-25-18(31-21)13-5-7-14(8-6-13)23-12(3)27/h5-8H,4,10H2,1-3H3,(H,23,27)(H,24,28). The molecule has 0 fully saturated rings. The van der Waals surface area contributed by atoms with Gasteiger partial charge in [0.15, 0.2) is 0 Å². The molecule has 10 nitrogen and oxygen atoms in total. The lowest BCUT2D eigenvalue weighted by molar-refractivity contribution is -0.114. The first-order valence-corrected chi connectivity index (χ1v) is 11.5. The molecule has 0 unspecified atom stereocenters. The Morgan fingerprint density at radius 3 is 2.58 bits per heavy atom. The molecule has 0 aliphatic carbocycles. The van der Waals surface area contributed by atoms with Crippen molar-refractivity contribution in [2.75, 3.05) is 23.0 Å². The van der Waals surface area contributed by atoms with Crippen LogP contribution in [0.15, 0.2) is 33.9 Å². The smallest absolute Gasteiger partial charge is 0.348 e. The van der Waals surface area contributed by atoms with Crippen LogP contribution in [0.5, 0.6) is 0 Å². The molecular weight excluding hydrogens is 466 g/mol. The molecule has 3 aromatic rings. The predicted molar refractivity (Wildman–Crippen MR) is 123 cm³/mol. The summed E-state index contributed by atoms with van der Waals surface area (Å²) in [4.78, 5) is 35.8. The van der Waals surface area contributed by atoms with Crippen molar-refractivity contribution < 1.29 is 23.5 Å². The monoisotopic (exact) mass is 485 g/mol. The molecule has 3 rings (SSSR count). The van der Waals surface area contributed by atoms with Crippen molar-refractivity contribution in [3.8, 4) is 17.5 Å². The first-order valence-electron chi connectivity index (χ1n) is 9.67. The third-order valence-electron chi connectivity index (χ3n) is 4.16. The zero-order valence-electron chi connectivity index (χ0n) is 17.9. The minimum Gasteiger partial charge on any atom is -0.462 e. The van der Waals surface area contributed by atoms with Gasteiger partial charge in [-0.1, -0.05) is 11.8 Å². The largest absolute Gasteiger partial charge is 0.462 e. The number of nitrogens with one attached hydrogen (secondary N) is 2. The van der Waals surface area contributed by atoms with Crippen LogP contribution in [-0.4, -0.2) is 40.3 Å². The van der Waals surface area contributed by atoms with E-state index in [4.69, 9.17) is 9.15 Å². The van der Waals surface area contributed by atoms with Gasteiger partial charge in [-0.2, -0.15) is 5.26 Å². The fourth-order valence-corrected chi connectivity index (χ4v) is 4.33. The van der Waals surface area contributed by atoms with E-state index in [1.54, 1.807) is 38.1 Å². The Morgan fingerprint density at radius 2 is 1.94 bits per heavy atom. The number of nitrogens with zero attached hydrogens (tertiary/aromatic N) is 3. The lowest BCUT2D eigenvalue weighted by Gasteiger charge is -2.02. The molecule has 0 spiro atoms. The van der Waals surface area contributed by atoms with E-state index in [0.29, 0.717) is 16.8 Å². The van der Waals surface area contributed by atoms with E-state index in [0.717, 1.165) is 23.1 Å². The molecule has 2 aromatic heterocycles. The molecular formula is C21H19N5O5S2. The highest BCUT2D eigenvalue weighted by Crippen LogP contribution is 2.33. The average molecular weight is 486 g/mol. The van der Waals surface area contributed by atoms with E-state index in [-0.39, 0.29) is 44.8 Å². The highest BCUT2D eigenvalue weighted by Gasteiger charge is 2.22. The summed E-state index contributed by atoms with van der Waals surface area (Å²) in [5.41, 5.74) is 2.00. The van der Waals surface area contributed by atoms with Crippen LogP contribution in [-0.2, 0) is 14.3 Å². The van der Waals surface area contributed by atoms with Crippen LogP contribution in [0.3, 0.4) is 0 Å². The number of aromatic nitrogens is 2. The van der Waals surface area contributed by atoms with Gasteiger partial charge in [-0.3, -0.25) is 9.59 Å². The summed E-state index contributed by atoms with van der Waals surface area (Å²) in [5, 5.41) is 23.1. The van der Waals surface area contributed by atoms with Gasteiger partial charge in [0, 0.05) is 18.2 Å². The number of hydrogen-bond acceptors (Lipinski definition) is 10. The number of rotatable bonds is 8. The molecule has 0 saturated carbocycles. The van der Waals surface area contributed by atoms with Crippen molar-refractivity contribution in [3.05, 3.63) is 40.3 Å². The summed E-state index contributed by atoms with van der Waals surface area (Å²) >= 11 is 2.03. The third kappa shape index (κ3) is 5.97. The summed E-state index contributed by atoms with van der Waals surface area (Å²) in [6.07, 6.45) is 0. The van der Waals surface area contributed by atoms with Gasteiger partial charge in [-0.25, -0.2) is 4.79 Å². The maximum absolute atomic E-state index is 12.4. The molecule has 0 bridgehead atoms. The SMILES string of the molecule is CCOC(=O)c1sc(NC(=O)CSc2nnc(-c3ccc(NC(C)=O)cc3)o2)c(C#N)c1C. The Bertz CT molecular complexity index is 1230. The zero-order valence-corrected chi connectivity index (χ0v) is 19.6. The normalized spacial score (nSPS) is 10.4. The molecule has 33 heavy (non-hydrogen) atoms. The highest BCUT2D eigenvalue weighted by atomic mass is 32.2. The van der Waals surface area contributed by atoms with E-state index in [1.165, 1.54) is 6.92 Å². The van der Waals surface area contributed by atoms with Crippen LogP contribution in [0.1, 0.15) is 34.6 Å². The third-order valence-corrected chi connectivity index (χ3v) is 6.16. The molecule has 12 heteroatoms. The summed E-state index contributed by atoms with van der Waals surface area (Å²) in [6.45, 7) is 4.96. The van der Waals surface area contributed by atoms with Gasteiger partial charge in [-0.05, 0) is 43.7 Å². The van der Waals surface area contributed by atoms with Crippen molar-refractivity contribution in [2.45, 2.75) is 26.0 Å². The van der Waals surface area contributed by atoms with Gasteiger partial charge >= 0.3 is 5.97 Å². The van der Waals surface area contributed by atoms with Crippen LogP contribution in [0.2, 0.25) is 0 Å². The highest BCUT2D eigenvalue weighted by molar-refractivity contribution is 7.99.